The Kier molecular flexibility index (Phi) is 4.57. The van der Waals surface area contributed by atoms with E-state index in [0.717, 1.165) is 48.6 Å². The van der Waals surface area contributed by atoms with E-state index in [1.807, 2.05) is 24.3 Å². The molecule has 2 aromatic heterocycles. The SMILES string of the molecule is CCCNc1nc(-c2cc(Br)sc2Br)nc2ccccc12. The van der Waals surface area contributed by atoms with E-state index in [9.17, 15) is 0 Å². The van der Waals surface area contributed by atoms with E-state index in [1.54, 1.807) is 11.3 Å². The zero-order valence-corrected chi connectivity index (χ0v) is 15.3. The van der Waals surface area contributed by atoms with Crippen molar-refractivity contribution in [1.29, 1.82) is 0 Å². The number of rotatable bonds is 4. The second-order valence-corrected chi connectivity index (χ2v) is 8.33. The molecule has 0 aliphatic heterocycles. The maximum Gasteiger partial charge on any atom is 0.164 e. The molecule has 0 saturated carbocycles. The van der Waals surface area contributed by atoms with Crippen LogP contribution in [-0.4, -0.2) is 16.5 Å². The van der Waals surface area contributed by atoms with Crippen molar-refractivity contribution in [3.63, 3.8) is 0 Å². The predicted octanol–water partition coefficient (Wildman–Crippen LogP) is 5.71. The van der Waals surface area contributed by atoms with Crippen LogP contribution in [0.4, 0.5) is 5.82 Å². The smallest absolute Gasteiger partial charge is 0.164 e. The van der Waals surface area contributed by atoms with Crippen LogP contribution in [0.1, 0.15) is 13.3 Å². The molecule has 0 spiro atoms. The summed E-state index contributed by atoms with van der Waals surface area (Å²) in [4.78, 5) is 9.41. The van der Waals surface area contributed by atoms with Crippen molar-refractivity contribution in [2.24, 2.45) is 0 Å². The lowest BCUT2D eigenvalue weighted by atomic mass is 10.2. The summed E-state index contributed by atoms with van der Waals surface area (Å²) >= 11 is 8.72. The molecule has 1 N–H and O–H groups in total. The van der Waals surface area contributed by atoms with Crippen LogP contribution in [-0.2, 0) is 0 Å². The van der Waals surface area contributed by atoms with Crippen LogP contribution in [0.25, 0.3) is 22.3 Å². The summed E-state index contributed by atoms with van der Waals surface area (Å²) in [5, 5.41) is 4.45. The zero-order valence-electron chi connectivity index (χ0n) is 11.4. The highest BCUT2D eigenvalue weighted by molar-refractivity contribution is 9.12. The number of hydrogen-bond acceptors (Lipinski definition) is 4. The number of benzene rings is 1. The fraction of sp³-hybridized carbons (Fsp3) is 0.200. The predicted molar refractivity (Wildman–Crippen MR) is 97.0 cm³/mol. The van der Waals surface area contributed by atoms with Gasteiger partial charge in [0.2, 0.25) is 0 Å². The molecule has 3 aromatic rings. The molecule has 0 unspecified atom stereocenters. The molecule has 0 aliphatic carbocycles. The van der Waals surface area contributed by atoms with Gasteiger partial charge >= 0.3 is 0 Å². The van der Waals surface area contributed by atoms with E-state index in [0.29, 0.717) is 0 Å². The van der Waals surface area contributed by atoms with Gasteiger partial charge in [-0.25, -0.2) is 9.97 Å². The molecule has 0 fully saturated rings. The third-order valence-electron chi connectivity index (χ3n) is 3.04. The Morgan fingerprint density at radius 3 is 2.71 bits per heavy atom. The minimum Gasteiger partial charge on any atom is -0.369 e. The summed E-state index contributed by atoms with van der Waals surface area (Å²) in [5.74, 6) is 1.63. The van der Waals surface area contributed by atoms with Gasteiger partial charge in [0.1, 0.15) is 5.82 Å². The van der Waals surface area contributed by atoms with Gasteiger partial charge in [0.15, 0.2) is 5.82 Å². The molecule has 3 nitrogen and oxygen atoms in total. The Morgan fingerprint density at radius 2 is 2.00 bits per heavy atom. The quantitative estimate of drug-likeness (QED) is 0.580. The van der Waals surface area contributed by atoms with Crippen LogP contribution in [0.5, 0.6) is 0 Å². The Morgan fingerprint density at radius 1 is 1.19 bits per heavy atom. The highest BCUT2D eigenvalue weighted by Gasteiger charge is 2.13. The second kappa shape index (κ2) is 6.42. The number of thiophene rings is 1. The minimum absolute atomic E-state index is 0.737. The van der Waals surface area contributed by atoms with Gasteiger partial charge in [0.25, 0.3) is 0 Å². The molecule has 6 heteroatoms. The number of aromatic nitrogens is 2. The summed E-state index contributed by atoms with van der Waals surface area (Å²) in [5.41, 5.74) is 1.97. The van der Waals surface area contributed by atoms with Crippen LogP contribution < -0.4 is 5.32 Å². The average molecular weight is 427 g/mol. The Hall–Kier alpha value is -0.980. The molecule has 0 bridgehead atoms. The van der Waals surface area contributed by atoms with E-state index in [-0.39, 0.29) is 0 Å². The normalized spacial score (nSPS) is 11.0. The lowest BCUT2D eigenvalue weighted by molar-refractivity contribution is 0.970. The molecule has 0 atom stereocenters. The number of halogens is 2. The summed E-state index contributed by atoms with van der Waals surface area (Å²) < 4.78 is 2.09. The molecule has 3 rings (SSSR count). The zero-order chi connectivity index (χ0) is 14.8. The van der Waals surface area contributed by atoms with Crippen molar-refractivity contribution in [3.05, 3.63) is 37.9 Å². The van der Waals surface area contributed by atoms with Gasteiger partial charge in [-0.05, 0) is 56.5 Å². The summed E-state index contributed by atoms with van der Waals surface area (Å²) in [7, 11) is 0. The molecule has 108 valence electrons. The highest BCUT2D eigenvalue weighted by atomic mass is 79.9. The molecule has 0 saturated heterocycles. The number of para-hydroxylation sites is 1. The summed E-state index contributed by atoms with van der Waals surface area (Å²) in [6, 6.07) is 10.1. The van der Waals surface area contributed by atoms with Crippen molar-refractivity contribution >= 4 is 59.9 Å². The first kappa shape index (κ1) is 14.9. The molecule has 1 aromatic carbocycles. The summed E-state index contributed by atoms with van der Waals surface area (Å²) in [6.45, 7) is 3.04. The molecule has 0 radical (unpaired) electrons. The van der Waals surface area contributed by atoms with Crippen LogP contribution in [0.15, 0.2) is 37.9 Å². The van der Waals surface area contributed by atoms with Crippen LogP contribution in [0, 0.1) is 0 Å². The van der Waals surface area contributed by atoms with Gasteiger partial charge in [-0.2, -0.15) is 0 Å². The molecule has 2 heterocycles. The first-order chi connectivity index (χ1) is 10.2. The van der Waals surface area contributed by atoms with Crippen molar-refractivity contribution in [2.75, 3.05) is 11.9 Å². The van der Waals surface area contributed by atoms with E-state index in [4.69, 9.17) is 9.97 Å². The molecule has 21 heavy (non-hydrogen) atoms. The Bertz CT molecular complexity index is 786. The monoisotopic (exact) mass is 425 g/mol. The Balaban J connectivity index is 2.17. The molecule has 0 aliphatic rings. The first-order valence-electron chi connectivity index (χ1n) is 6.65. The lowest BCUT2D eigenvalue weighted by Crippen LogP contribution is -2.04. The molecular weight excluding hydrogens is 414 g/mol. The van der Waals surface area contributed by atoms with Crippen molar-refractivity contribution in [3.8, 4) is 11.4 Å². The van der Waals surface area contributed by atoms with E-state index in [2.05, 4.69) is 50.2 Å². The topological polar surface area (TPSA) is 37.8 Å². The number of fused-ring (bicyclic) bond motifs is 1. The number of nitrogens with one attached hydrogen (secondary N) is 1. The maximum absolute atomic E-state index is 4.72. The number of nitrogens with zero attached hydrogens (tertiary/aromatic N) is 2. The fourth-order valence-corrected chi connectivity index (χ4v) is 4.86. The van der Waals surface area contributed by atoms with Gasteiger partial charge in [-0.15, -0.1) is 11.3 Å². The largest absolute Gasteiger partial charge is 0.369 e. The van der Waals surface area contributed by atoms with Gasteiger partial charge in [-0.1, -0.05) is 19.1 Å². The second-order valence-electron chi connectivity index (χ2n) is 4.58. The average Bonchev–Trinajstić information content (AvgIpc) is 2.83. The standard InChI is InChI=1S/C15H13Br2N3S/c1-2-7-18-14-9-5-3-4-6-11(9)19-15(20-14)10-8-12(16)21-13(10)17/h3-6,8H,2,7H2,1H3,(H,18,19,20). The Labute approximate surface area is 144 Å². The van der Waals surface area contributed by atoms with Crippen LogP contribution in [0.2, 0.25) is 0 Å². The third-order valence-corrected chi connectivity index (χ3v) is 5.38. The maximum atomic E-state index is 4.72. The van der Waals surface area contributed by atoms with Gasteiger partial charge in [0, 0.05) is 17.5 Å². The van der Waals surface area contributed by atoms with E-state index >= 15 is 0 Å². The number of anilines is 1. The van der Waals surface area contributed by atoms with Crippen LogP contribution >= 0.6 is 43.2 Å². The van der Waals surface area contributed by atoms with Crippen molar-refractivity contribution in [1.82, 2.24) is 9.97 Å². The lowest BCUT2D eigenvalue weighted by Gasteiger charge is -2.09. The summed E-state index contributed by atoms with van der Waals surface area (Å²) in [6.07, 6.45) is 1.06. The third kappa shape index (κ3) is 3.12. The van der Waals surface area contributed by atoms with Gasteiger partial charge in [-0.3, -0.25) is 0 Å². The minimum atomic E-state index is 0.737. The van der Waals surface area contributed by atoms with Gasteiger partial charge < -0.3 is 5.32 Å². The van der Waals surface area contributed by atoms with E-state index in [1.165, 1.54) is 0 Å². The first-order valence-corrected chi connectivity index (χ1v) is 9.05. The van der Waals surface area contributed by atoms with Crippen molar-refractivity contribution in [2.45, 2.75) is 13.3 Å². The van der Waals surface area contributed by atoms with Crippen molar-refractivity contribution < 1.29 is 0 Å². The molecule has 0 amide bonds. The van der Waals surface area contributed by atoms with Gasteiger partial charge in [0.05, 0.1) is 13.1 Å². The number of hydrogen-bond donors (Lipinski definition) is 1. The van der Waals surface area contributed by atoms with Crippen LogP contribution in [0.3, 0.4) is 0 Å². The van der Waals surface area contributed by atoms with E-state index < -0.39 is 0 Å². The fourth-order valence-electron chi connectivity index (χ4n) is 2.07. The molecular formula is C15H13Br2N3S. The highest BCUT2D eigenvalue weighted by Crippen LogP contribution is 2.38.